The van der Waals surface area contributed by atoms with Crippen LogP contribution in [0.25, 0.3) is 0 Å². The van der Waals surface area contributed by atoms with E-state index in [1.807, 2.05) is 32.1 Å². The second-order valence-corrected chi connectivity index (χ2v) is 9.46. The third-order valence-corrected chi connectivity index (χ3v) is 4.15. The minimum atomic E-state index is -0.981. The molecule has 0 atom stereocenters. The van der Waals surface area contributed by atoms with Crippen LogP contribution in [0.5, 0.6) is 0 Å². The van der Waals surface area contributed by atoms with E-state index >= 15 is 0 Å². The standard InChI is InChI=1S/C8H13Si.C5H5.Fe/c1-9(2,3)8-6-4-5-7-8;1-2-4-5-3-1;/h4-7H,1-3H3;1-5H;/q;;+2. The third-order valence-electron chi connectivity index (χ3n) is 2.08. The molecule has 0 amide bonds. The fraction of sp³-hybridized carbons (Fsp3) is 0.231. The van der Waals surface area contributed by atoms with Crippen molar-refractivity contribution in [3.8, 4) is 0 Å². The van der Waals surface area contributed by atoms with E-state index < -0.39 is 8.07 Å². The summed E-state index contributed by atoms with van der Waals surface area (Å²) in [6.45, 7) is 7.09. The van der Waals surface area contributed by atoms with E-state index in [2.05, 4.69) is 45.3 Å². The summed E-state index contributed by atoms with van der Waals surface area (Å²) in [4.78, 5) is 0. The van der Waals surface area contributed by atoms with Gasteiger partial charge in [0, 0.05) is 0 Å². The molecular weight excluding hydrogens is 240 g/mol. The first-order valence-electron chi connectivity index (χ1n) is 4.99. The van der Waals surface area contributed by atoms with E-state index in [0.717, 1.165) is 0 Å². The second kappa shape index (κ2) is 7.92. The largest absolute Gasteiger partial charge is 2.00 e. The molecule has 0 aromatic heterocycles. The van der Waals surface area contributed by atoms with Gasteiger partial charge in [0.25, 0.3) is 0 Å². The van der Waals surface area contributed by atoms with Gasteiger partial charge in [0.2, 0.25) is 0 Å². The van der Waals surface area contributed by atoms with Crippen molar-refractivity contribution in [3.63, 3.8) is 0 Å². The Hall–Kier alpha value is 0.736. The molecule has 2 aliphatic rings. The summed E-state index contributed by atoms with van der Waals surface area (Å²) in [7, 11) is -0.981. The quantitative estimate of drug-likeness (QED) is 0.633. The topological polar surface area (TPSA) is 0 Å². The number of hydrogen-bond donors (Lipinski definition) is 0. The minimum Gasteiger partial charge on any atom is -0.0691 e. The Morgan fingerprint density at radius 3 is 1.20 bits per heavy atom. The Labute approximate surface area is 108 Å². The van der Waals surface area contributed by atoms with Crippen molar-refractivity contribution in [2.45, 2.75) is 19.6 Å². The van der Waals surface area contributed by atoms with E-state index in [1.54, 1.807) is 5.54 Å². The molecule has 0 bridgehead atoms. The smallest absolute Gasteiger partial charge is 0.0691 e. The molecule has 0 saturated heterocycles. The monoisotopic (exact) mass is 258 g/mol. The first-order chi connectivity index (χ1) is 6.61. The Kier molecular flexibility index (Phi) is 8.31. The summed E-state index contributed by atoms with van der Waals surface area (Å²) in [5, 5.41) is 0. The first kappa shape index (κ1) is 15.7. The maximum atomic E-state index is 2.36. The summed E-state index contributed by atoms with van der Waals surface area (Å²) in [5.41, 5.74) is 1.56. The van der Waals surface area contributed by atoms with E-state index in [-0.39, 0.29) is 17.1 Å². The van der Waals surface area contributed by atoms with Gasteiger partial charge in [0.05, 0.1) is 8.07 Å². The van der Waals surface area contributed by atoms with Gasteiger partial charge in [-0.1, -0.05) is 19.6 Å². The van der Waals surface area contributed by atoms with Crippen molar-refractivity contribution in [2.24, 2.45) is 0 Å². The molecule has 0 heterocycles. The Bertz CT molecular complexity index is 133. The van der Waals surface area contributed by atoms with Crippen molar-refractivity contribution in [3.05, 3.63) is 63.3 Å². The SMILES string of the molecule is C[Si](C)(C)[C]1[CH][CH][CH][CH]1.[CH]1[CH][CH][CH][CH]1.[Fe+2]. The molecule has 2 rings (SSSR count). The maximum absolute atomic E-state index is 2.36. The zero-order valence-corrected chi connectivity index (χ0v) is 11.7. The Balaban J connectivity index is 0.000000280. The van der Waals surface area contributed by atoms with Crippen LogP contribution in [0.1, 0.15) is 0 Å². The van der Waals surface area contributed by atoms with Crippen LogP contribution >= 0.6 is 0 Å². The molecule has 0 unspecified atom stereocenters. The Morgan fingerprint density at radius 2 is 1.00 bits per heavy atom. The van der Waals surface area contributed by atoms with Crippen LogP contribution < -0.4 is 0 Å². The molecule has 0 aliphatic heterocycles. The third kappa shape index (κ3) is 6.81. The van der Waals surface area contributed by atoms with Crippen molar-refractivity contribution >= 4 is 8.07 Å². The van der Waals surface area contributed by atoms with Gasteiger partial charge in [-0.2, -0.15) is 0 Å². The van der Waals surface area contributed by atoms with Crippen molar-refractivity contribution < 1.29 is 17.1 Å². The predicted molar refractivity (Wildman–Crippen MR) is 65.3 cm³/mol. The maximum Gasteiger partial charge on any atom is 2.00 e. The minimum absolute atomic E-state index is 0. The van der Waals surface area contributed by atoms with Gasteiger partial charge in [0.1, 0.15) is 0 Å². The summed E-state index contributed by atoms with van der Waals surface area (Å²) >= 11 is 0. The number of hydrogen-bond acceptors (Lipinski definition) is 0. The second-order valence-electron chi connectivity index (χ2n) is 4.39. The van der Waals surface area contributed by atoms with E-state index in [9.17, 15) is 0 Å². The molecule has 2 aliphatic carbocycles. The van der Waals surface area contributed by atoms with Gasteiger partial charge in [-0.15, -0.1) is 0 Å². The van der Waals surface area contributed by atoms with E-state index in [1.165, 1.54) is 0 Å². The molecule has 80 valence electrons. The zero-order chi connectivity index (χ0) is 10.4. The van der Waals surface area contributed by atoms with Crippen LogP contribution in [0.3, 0.4) is 0 Å². The van der Waals surface area contributed by atoms with Gasteiger partial charge in [-0.05, 0) is 63.3 Å². The Morgan fingerprint density at radius 1 is 0.667 bits per heavy atom. The van der Waals surface area contributed by atoms with Crippen molar-refractivity contribution in [1.29, 1.82) is 0 Å². The molecule has 2 saturated carbocycles. The molecule has 0 aromatic carbocycles. The van der Waals surface area contributed by atoms with Gasteiger partial charge in [-0.25, -0.2) is 0 Å². The van der Waals surface area contributed by atoms with Gasteiger partial charge < -0.3 is 0 Å². The van der Waals surface area contributed by atoms with Crippen LogP contribution in [0.2, 0.25) is 19.6 Å². The fourth-order valence-electron chi connectivity index (χ4n) is 1.19. The van der Waals surface area contributed by atoms with Crippen LogP contribution in [0.15, 0.2) is 0 Å². The molecule has 0 spiro atoms. The summed E-state index contributed by atoms with van der Waals surface area (Å²) in [6.07, 6.45) is 18.7. The average Bonchev–Trinajstić information content (AvgIpc) is 2.80. The normalized spacial score (nSPS) is 21.8. The molecule has 0 aromatic rings. The average molecular weight is 258 g/mol. The van der Waals surface area contributed by atoms with Crippen LogP contribution in [-0.2, 0) is 17.1 Å². The molecule has 0 nitrogen and oxygen atoms in total. The number of rotatable bonds is 1. The van der Waals surface area contributed by atoms with Crippen LogP contribution in [-0.4, -0.2) is 8.07 Å². The van der Waals surface area contributed by atoms with E-state index in [0.29, 0.717) is 0 Å². The van der Waals surface area contributed by atoms with Crippen molar-refractivity contribution in [2.75, 3.05) is 0 Å². The molecule has 0 N–H and O–H groups in total. The summed E-state index contributed by atoms with van der Waals surface area (Å²) < 4.78 is 0. The molecule has 2 fully saturated rings. The molecular formula is C13H18FeSi+2. The molecule has 15 heavy (non-hydrogen) atoms. The summed E-state index contributed by atoms with van der Waals surface area (Å²) in [5.74, 6) is 0. The van der Waals surface area contributed by atoms with Gasteiger partial charge >= 0.3 is 17.1 Å². The van der Waals surface area contributed by atoms with Crippen molar-refractivity contribution in [1.82, 2.24) is 0 Å². The first-order valence-corrected chi connectivity index (χ1v) is 8.49. The molecule has 10 radical (unpaired) electrons. The summed E-state index contributed by atoms with van der Waals surface area (Å²) in [6, 6.07) is 0. The van der Waals surface area contributed by atoms with Gasteiger partial charge in [-0.3, -0.25) is 0 Å². The predicted octanol–water partition coefficient (Wildman–Crippen LogP) is 3.29. The van der Waals surface area contributed by atoms with Gasteiger partial charge in [0.15, 0.2) is 0 Å². The van der Waals surface area contributed by atoms with E-state index in [4.69, 9.17) is 0 Å². The van der Waals surface area contributed by atoms with Crippen LogP contribution in [0, 0.1) is 63.3 Å². The fourth-order valence-corrected chi connectivity index (χ4v) is 2.39. The van der Waals surface area contributed by atoms with Crippen LogP contribution in [0.4, 0.5) is 0 Å². The zero-order valence-electron chi connectivity index (χ0n) is 9.55. The molecule has 2 heteroatoms.